The van der Waals surface area contributed by atoms with Crippen LogP contribution in [0.5, 0.6) is 0 Å². The second-order valence-corrected chi connectivity index (χ2v) is 6.92. The molecule has 3 rings (SSSR count). The summed E-state index contributed by atoms with van der Waals surface area (Å²) in [5, 5.41) is 6.67. The van der Waals surface area contributed by atoms with Crippen molar-refractivity contribution in [3.63, 3.8) is 0 Å². The number of nitrogens with one attached hydrogen (secondary N) is 1. The van der Waals surface area contributed by atoms with E-state index in [-0.39, 0.29) is 17.3 Å². The van der Waals surface area contributed by atoms with Crippen molar-refractivity contribution in [3.05, 3.63) is 77.0 Å². The van der Waals surface area contributed by atoms with Crippen LogP contribution in [0.1, 0.15) is 41.1 Å². The predicted molar refractivity (Wildman–Crippen MR) is 104 cm³/mol. The van der Waals surface area contributed by atoms with Crippen molar-refractivity contribution in [3.8, 4) is 0 Å². The number of alkyl halides is 6. The molecule has 0 aliphatic carbocycles. The number of carbonyl (C=O) groups is 1. The molecular weight excluding hydrogens is 440 g/mol. The molecule has 0 aliphatic rings. The van der Waals surface area contributed by atoms with Crippen molar-refractivity contribution in [1.29, 1.82) is 0 Å². The highest BCUT2D eigenvalue weighted by atomic mass is 19.4. The molecular formula is C21H17F6N3O2. The smallest absolute Gasteiger partial charge is 0.416 e. The van der Waals surface area contributed by atoms with Crippen LogP contribution in [0.3, 0.4) is 0 Å². The number of nitrogens with zero attached hydrogens (tertiary/aromatic N) is 2. The number of rotatable bonds is 5. The Morgan fingerprint density at radius 1 is 1.16 bits per heavy atom. The van der Waals surface area contributed by atoms with E-state index in [0.29, 0.717) is 17.5 Å². The number of aromatic nitrogens is 2. The molecule has 170 valence electrons. The van der Waals surface area contributed by atoms with Crippen LogP contribution in [-0.4, -0.2) is 15.7 Å². The van der Waals surface area contributed by atoms with E-state index in [0.717, 1.165) is 10.7 Å². The first kappa shape index (κ1) is 23.2. The van der Waals surface area contributed by atoms with Crippen molar-refractivity contribution in [1.82, 2.24) is 9.78 Å². The zero-order valence-corrected chi connectivity index (χ0v) is 16.8. The van der Waals surface area contributed by atoms with E-state index in [9.17, 15) is 31.1 Å². The second-order valence-electron chi connectivity index (χ2n) is 6.92. The lowest BCUT2D eigenvalue weighted by molar-refractivity contribution is -0.143. The average Bonchev–Trinajstić information content (AvgIpc) is 3.34. The maximum Gasteiger partial charge on any atom is 0.416 e. The number of aryl methyl sites for hydroxylation is 1. The van der Waals surface area contributed by atoms with E-state index < -0.39 is 35.4 Å². The molecule has 11 heteroatoms. The van der Waals surface area contributed by atoms with Crippen molar-refractivity contribution in [2.45, 2.75) is 32.2 Å². The normalized spacial score (nSPS) is 13.5. The molecule has 0 fully saturated rings. The number of benzene rings is 1. The third-order valence-electron chi connectivity index (χ3n) is 4.65. The Bertz CT molecular complexity index is 1130. The van der Waals surface area contributed by atoms with Gasteiger partial charge in [0.15, 0.2) is 0 Å². The fourth-order valence-corrected chi connectivity index (χ4v) is 3.01. The Balaban J connectivity index is 1.87. The molecule has 1 N–H and O–H groups in total. The molecule has 32 heavy (non-hydrogen) atoms. The SMILES string of the molecule is Cc1nn(C(C)c2ccc(C(F)(F)F)cc2C(F)(F)F)cc1NC(=O)/C=C\c1ccco1. The summed E-state index contributed by atoms with van der Waals surface area (Å²) >= 11 is 0. The van der Waals surface area contributed by atoms with Gasteiger partial charge >= 0.3 is 12.4 Å². The zero-order valence-electron chi connectivity index (χ0n) is 16.8. The van der Waals surface area contributed by atoms with Gasteiger partial charge in [-0.25, -0.2) is 0 Å². The molecule has 5 nitrogen and oxygen atoms in total. The number of carbonyl (C=O) groups excluding carboxylic acids is 1. The Hall–Kier alpha value is -3.50. The summed E-state index contributed by atoms with van der Waals surface area (Å²) in [6.45, 7) is 2.90. The molecule has 2 aromatic heterocycles. The fourth-order valence-electron chi connectivity index (χ4n) is 3.01. The Morgan fingerprint density at radius 3 is 2.47 bits per heavy atom. The minimum absolute atomic E-state index is 0.0876. The van der Waals surface area contributed by atoms with Crippen LogP contribution in [0.4, 0.5) is 32.0 Å². The summed E-state index contributed by atoms with van der Waals surface area (Å²) in [5.41, 5.74) is -2.62. The van der Waals surface area contributed by atoms with E-state index in [1.165, 1.54) is 38.5 Å². The summed E-state index contributed by atoms with van der Waals surface area (Å²) in [6, 6.07) is 3.69. The van der Waals surface area contributed by atoms with Gasteiger partial charge in [-0.15, -0.1) is 0 Å². The summed E-state index contributed by atoms with van der Waals surface area (Å²) in [5.74, 6) is -0.0783. The van der Waals surface area contributed by atoms with Gasteiger partial charge in [0.2, 0.25) is 5.91 Å². The van der Waals surface area contributed by atoms with Crippen LogP contribution in [0.15, 0.2) is 53.3 Å². The first-order chi connectivity index (χ1) is 14.9. The van der Waals surface area contributed by atoms with Gasteiger partial charge in [-0.3, -0.25) is 9.48 Å². The molecule has 0 aliphatic heterocycles. The lowest BCUT2D eigenvalue weighted by Crippen LogP contribution is -2.17. The summed E-state index contributed by atoms with van der Waals surface area (Å²) in [4.78, 5) is 12.1. The third-order valence-corrected chi connectivity index (χ3v) is 4.65. The highest BCUT2D eigenvalue weighted by molar-refractivity contribution is 6.01. The van der Waals surface area contributed by atoms with Gasteiger partial charge in [0.25, 0.3) is 0 Å². The Morgan fingerprint density at radius 2 is 1.88 bits per heavy atom. The molecule has 0 saturated heterocycles. The quantitative estimate of drug-likeness (QED) is 0.373. The average molecular weight is 457 g/mol. The topological polar surface area (TPSA) is 60.1 Å². The number of furan rings is 1. The number of hydrogen-bond donors (Lipinski definition) is 1. The van der Waals surface area contributed by atoms with E-state index in [1.54, 1.807) is 12.1 Å². The van der Waals surface area contributed by atoms with Gasteiger partial charge in [0, 0.05) is 12.3 Å². The molecule has 1 atom stereocenters. The molecule has 0 radical (unpaired) electrons. The van der Waals surface area contributed by atoms with E-state index >= 15 is 0 Å². The van der Waals surface area contributed by atoms with E-state index in [2.05, 4.69) is 10.4 Å². The van der Waals surface area contributed by atoms with Crippen molar-refractivity contribution in [2.24, 2.45) is 0 Å². The standard InChI is InChI=1S/C21H17F6N3O2/c1-12-18(28-19(31)8-6-15-4-3-9-32-15)11-30(29-12)13(2)16-7-5-14(20(22,23)24)10-17(16)21(25,26)27/h3-11,13H,1-2H3,(H,28,31)/b8-6-. The molecule has 0 saturated carbocycles. The van der Waals surface area contributed by atoms with Crippen LogP contribution >= 0.6 is 0 Å². The highest BCUT2D eigenvalue weighted by Crippen LogP contribution is 2.40. The molecule has 1 amide bonds. The molecule has 0 spiro atoms. The monoisotopic (exact) mass is 457 g/mol. The largest absolute Gasteiger partial charge is 0.465 e. The van der Waals surface area contributed by atoms with Gasteiger partial charge in [0.1, 0.15) is 5.76 Å². The summed E-state index contributed by atoms with van der Waals surface area (Å²) < 4.78 is 85.4. The van der Waals surface area contributed by atoms with Crippen molar-refractivity contribution in [2.75, 3.05) is 5.32 Å². The predicted octanol–water partition coefficient (Wildman–Crippen LogP) is 6.08. The minimum Gasteiger partial charge on any atom is -0.465 e. The molecule has 3 aromatic rings. The Kier molecular flexibility index (Phi) is 6.20. The zero-order chi connectivity index (χ0) is 23.7. The van der Waals surface area contributed by atoms with Crippen LogP contribution in [-0.2, 0) is 17.1 Å². The van der Waals surface area contributed by atoms with Gasteiger partial charge in [-0.1, -0.05) is 6.07 Å². The van der Waals surface area contributed by atoms with Crippen molar-refractivity contribution < 1.29 is 35.6 Å². The van der Waals surface area contributed by atoms with Gasteiger partial charge in [-0.05, 0) is 49.8 Å². The van der Waals surface area contributed by atoms with Crippen molar-refractivity contribution >= 4 is 17.7 Å². The van der Waals surface area contributed by atoms with Gasteiger partial charge in [0.05, 0.1) is 34.8 Å². The van der Waals surface area contributed by atoms with E-state index in [1.807, 2.05) is 0 Å². The van der Waals surface area contributed by atoms with Crippen LogP contribution < -0.4 is 5.32 Å². The maximum absolute atomic E-state index is 13.5. The van der Waals surface area contributed by atoms with Crippen LogP contribution in [0, 0.1) is 6.92 Å². The first-order valence-corrected chi connectivity index (χ1v) is 9.23. The Labute approximate surface area is 178 Å². The number of anilines is 1. The molecule has 2 heterocycles. The number of amides is 1. The molecule has 0 bridgehead atoms. The van der Waals surface area contributed by atoms with E-state index in [4.69, 9.17) is 4.42 Å². The minimum atomic E-state index is -5.00. The summed E-state index contributed by atoms with van der Waals surface area (Å²) in [6.07, 6.45) is -4.53. The number of halogens is 6. The molecule has 1 aromatic carbocycles. The highest BCUT2D eigenvalue weighted by Gasteiger charge is 2.39. The first-order valence-electron chi connectivity index (χ1n) is 9.23. The summed E-state index contributed by atoms with van der Waals surface area (Å²) in [7, 11) is 0. The van der Waals surface area contributed by atoms with Crippen LogP contribution in [0.2, 0.25) is 0 Å². The van der Waals surface area contributed by atoms with Crippen LogP contribution in [0.25, 0.3) is 6.08 Å². The van der Waals surface area contributed by atoms with Gasteiger partial charge in [-0.2, -0.15) is 31.4 Å². The fraction of sp³-hybridized carbons (Fsp3) is 0.238. The maximum atomic E-state index is 13.5. The lowest BCUT2D eigenvalue weighted by atomic mass is 9.98. The molecule has 1 unspecified atom stereocenters. The van der Waals surface area contributed by atoms with Gasteiger partial charge < -0.3 is 9.73 Å². The lowest BCUT2D eigenvalue weighted by Gasteiger charge is -2.20. The third kappa shape index (κ3) is 5.21. The number of hydrogen-bond acceptors (Lipinski definition) is 3. The second kappa shape index (κ2) is 8.56.